The number of carbonyl (C=O) groups excluding carboxylic acids is 1. The van der Waals surface area contributed by atoms with Gasteiger partial charge >= 0.3 is 5.97 Å². The van der Waals surface area contributed by atoms with Gasteiger partial charge in [-0.25, -0.2) is 4.98 Å². The third-order valence-corrected chi connectivity index (χ3v) is 2.23. The first-order chi connectivity index (χ1) is 7.29. The Hall–Kier alpha value is -1.84. The van der Waals surface area contributed by atoms with E-state index in [0.29, 0.717) is 12.8 Å². The number of imidazole rings is 1. The van der Waals surface area contributed by atoms with Gasteiger partial charge in [-0.2, -0.15) is 0 Å². The number of fused-ring (bicyclic) bond motifs is 1. The van der Waals surface area contributed by atoms with Crippen molar-refractivity contribution in [2.75, 3.05) is 7.11 Å². The summed E-state index contributed by atoms with van der Waals surface area (Å²) >= 11 is 0. The first-order valence-electron chi connectivity index (χ1n) is 4.80. The van der Waals surface area contributed by atoms with Crippen LogP contribution in [0, 0.1) is 0 Å². The number of H-pyrrole nitrogens is 1. The van der Waals surface area contributed by atoms with Gasteiger partial charge in [-0.3, -0.25) is 4.79 Å². The molecule has 4 nitrogen and oxygen atoms in total. The van der Waals surface area contributed by atoms with E-state index in [9.17, 15) is 4.79 Å². The van der Waals surface area contributed by atoms with E-state index in [2.05, 4.69) is 14.7 Å². The Bertz CT molecular complexity index is 443. The second kappa shape index (κ2) is 4.13. The Balaban J connectivity index is 2.12. The molecule has 0 bridgehead atoms. The van der Waals surface area contributed by atoms with E-state index >= 15 is 0 Å². The van der Waals surface area contributed by atoms with Crippen LogP contribution in [-0.2, 0) is 16.0 Å². The fraction of sp³-hybridized carbons (Fsp3) is 0.273. The summed E-state index contributed by atoms with van der Waals surface area (Å²) < 4.78 is 4.57. The van der Waals surface area contributed by atoms with Crippen LogP contribution < -0.4 is 0 Å². The number of nitrogens with one attached hydrogen (secondary N) is 1. The number of carbonyl (C=O) groups is 1. The van der Waals surface area contributed by atoms with Crippen molar-refractivity contribution in [2.24, 2.45) is 0 Å². The van der Waals surface area contributed by atoms with Crippen LogP contribution in [-0.4, -0.2) is 23.0 Å². The van der Waals surface area contributed by atoms with E-state index in [1.54, 1.807) is 0 Å². The summed E-state index contributed by atoms with van der Waals surface area (Å²) in [6.07, 6.45) is 0.942. The van der Waals surface area contributed by atoms with E-state index in [0.717, 1.165) is 16.9 Å². The Morgan fingerprint density at radius 1 is 1.47 bits per heavy atom. The van der Waals surface area contributed by atoms with Crippen molar-refractivity contribution in [3.63, 3.8) is 0 Å². The molecule has 1 aromatic carbocycles. The van der Waals surface area contributed by atoms with Gasteiger partial charge in [0.2, 0.25) is 0 Å². The summed E-state index contributed by atoms with van der Waals surface area (Å²) in [6, 6.07) is 7.79. The van der Waals surface area contributed by atoms with Gasteiger partial charge in [0.1, 0.15) is 5.82 Å². The summed E-state index contributed by atoms with van der Waals surface area (Å²) in [5, 5.41) is 0. The van der Waals surface area contributed by atoms with Gasteiger partial charge in [0.05, 0.1) is 24.6 Å². The van der Waals surface area contributed by atoms with E-state index < -0.39 is 0 Å². The van der Waals surface area contributed by atoms with Crippen LogP contribution in [0.25, 0.3) is 11.0 Å². The molecule has 1 aromatic heterocycles. The highest BCUT2D eigenvalue weighted by Gasteiger charge is 2.05. The normalized spacial score (nSPS) is 10.5. The fourth-order valence-corrected chi connectivity index (χ4v) is 1.45. The number of ether oxygens (including phenoxy) is 1. The monoisotopic (exact) mass is 204 g/mol. The van der Waals surface area contributed by atoms with E-state index in [4.69, 9.17) is 0 Å². The summed E-state index contributed by atoms with van der Waals surface area (Å²) in [4.78, 5) is 18.4. The Labute approximate surface area is 87.3 Å². The van der Waals surface area contributed by atoms with Crippen molar-refractivity contribution < 1.29 is 9.53 Å². The number of aryl methyl sites for hydroxylation is 1. The minimum Gasteiger partial charge on any atom is -0.469 e. The number of nitrogens with zero attached hydrogens (tertiary/aromatic N) is 1. The minimum absolute atomic E-state index is 0.213. The largest absolute Gasteiger partial charge is 0.469 e. The molecule has 1 N–H and O–H groups in total. The highest BCUT2D eigenvalue weighted by atomic mass is 16.5. The second-order valence-electron chi connectivity index (χ2n) is 3.28. The van der Waals surface area contributed by atoms with E-state index in [1.807, 2.05) is 24.3 Å². The standard InChI is InChI=1S/C11H12N2O2/c1-15-11(14)7-6-10-12-8-4-2-3-5-9(8)13-10/h2-5H,6-7H2,1H3,(H,12,13). The van der Waals surface area contributed by atoms with Gasteiger partial charge < -0.3 is 9.72 Å². The SMILES string of the molecule is COC(=O)CCc1nc2ccccc2[nH]1. The van der Waals surface area contributed by atoms with Crippen molar-refractivity contribution in [3.05, 3.63) is 30.1 Å². The number of para-hydroxylation sites is 2. The van der Waals surface area contributed by atoms with Gasteiger partial charge in [0.15, 0.2) is 0 Å². The molecular formula is C11H12N2O2. The highest BCUT2D eigenvalue weighted by molar-refractivity contribution is 5.75. The van der Waals surface area contributed by atoms with Crippen LogP contribution in [0.1, 0.15) is 12.2 Å². The Morgan fingerprint density at radius 2 is 2.27 bits per heavy atom. The molecule has 0 aliphatic rings. The zero-order valence-electron chi connectivity index (χ0n) is 8.49. The van der Waals surface area contributed by atoms with Gasteiger partial charge in [-0.1, -0.05) is 12.1 Å². The first kappa shape index (κ1) is 9.71. The quantitative estimate of drug-likeness (QED) is 0.774. The number of methoxy groups -OCH3 is 1. The van der Waals surface area contributed by atoms with Crippen LogP contribution in [0.3, 0.4) is 0 Å². The summed E-state index contributed by atoms with van der Waals surface area (Å²) in [5.74, 6) is 0.608. The molecule has 0 amide bonds. The lowest BCUT2D eigenvalue weighted by atomic mass is 10.3. The van der Waals surface area contributed by atoms with Crippen molar-refractivity contribution in [2.45, 2.75) is 12.8 Å². The van der Waals surface area contributed by atoms with Crippen LogP contribution >= 0.6 is 0 Å². The number of hydrogen-bond acceptors (Lipinski definition) is 3. The second-order valence-corrected chi connectivity index (χ2v) is 3.28. The topological polar surface area (TPSA) is 55.0 Å². The van der Waals surface area contributed by atoms with Crippen LogP contribution in [0.4, 0.5) is 0 Å². The molecule has 0 radical (unpaired) electrons. The molecule has 0 atom stereocenters. The van der Waals surface area contributed by atoms with Crippen LogP contribution in [0.15, 0.2) is 24.3 Å². The van der Waals surface area contributed by atoms with Gasteiger partial charge in [0, 0.05) is 6.42 Å². The molecule has 2 aromatic rings. The molecule has 4 heteroatoms. The number of rotatable bonds is 3. The zero-order chi connectivity index (χ0) is 10.7. The molecule has 15 heavy (non-hydrogen) atoms. The van der Waals surface area contributed by atoms with Crippen molar-refractivity contribution in [1.82, 2.24) is 9.97 Å². The average Bonchev–Trinajstić information content (AvgIpc) is 2.68. The predicted octanol–water partition coefficient (Wildman–Crippen LogP) is 1.67. The number of benzene rings is 1. The molecule has 1 heterocycles. The molecule has 0 aliphatic heterocycles. The average molecular weight is 204 g/mol. The number of hydrogen-bond donors (Lipinski definition) is 1. The van der Waals surface area contributed by atoms with Crippen molar-refractivity contribution in [1.29, 1.82) is 0 Å². The Kier molecular flexibility index (Phi) is 2.67. The zero-order valence-corrected chi connectivity index (χ0v) is 8.49. The fourth-order valence-electron chi connectivity index (χ4n) is 1.45. The molecule has 2 rings (SSSR count). The van der Waals surface area contributed by atoms with Crippen molar-refractivity contribution >= 4 is 17.0 Å². The molecule has 0 unspecified atom stereocenters. The molecule has 0 saturated carbocycles. The third kappa shape index (κ3) is 2.15. The third-order valence-electron chi connectivity index (χ3n) is 2.23. The number of esters is 1. The number of aromatic amines is 1. The lowest BCUT2D eigenvalue weighted by Crippen LogP contribution is -2.02. The minimum atomic E-state index is -0.213. The maximum absolute atomic E-state index is 10.9. The van der Waals surface area contributed by atoms with Gasteiger partial charge in [0.25, 0.3) is 0 Å². The number of aromatic nitrogens is 2. The molecule has 0 spiro atoms. The smallest absolute Gasteiger partial charge is 0.305 e. The maximum Gasteiger partial charge on any atom is 0.305 e. The summed E-state index contributed by atoms with van der Waals surface area (Å²) in [6.45, 7) is 0. The summed E-state index contributed by atoms with van der Waals surface area (Å²) in [5.41, 5.74) is 1.93. The Morgan fingerprint density at radius 3 is 3.00 bits per heavy atom. The molecule has 0 fully saturated rings. The van der Waals surface area contributed by atoms with Gasteiger partial charge in [-0.15, -0.1) is 0 Å². The first-order valence-corrected chi connectivity index (χ1v) is 4.80. The van der Waals surface area contributed by atoms with E-state index in [1.165, 1.54) is 7.11 Å². The molecule has 0 aliphatic carbocycles. The van der Waals surface area contributed by atoms with Crippen molar-refractivity contribution in [3.8, 4) is 0 Å². The molecule has 0 saturated heterocycles. The highest BCUT2D eigenvalue weighted by Crippen LogP contribution is 2.11. The van der Waals surface area contributed by atoms with E-state index in [-0.39, 0.29) is 5.97 Å². The molecule has 78 valence electrons. The lowest BCUT2D eigenvalue weighted by molar-refractivity contribution is -0.140. The van der Waals surface area contributed by atoms with Gasteiger partial charge in [-0.05, 0) is 12.1 Å². The molecular weight excluding hydrogens is 192 g/mol. The summed E-state index contributed by atoms with van der Waals surface area (Å²) in [7, 11) is 1.39. The van der Waals surface area contributed by atoms with Crippen LogP contribution in [0.2, 0.25) is 0 Å². The van der Waals surface area contributed by atoms with Crippen LogP contribution in [0.5, 0.6) is 0 Å². The lowest BCUT2D eigenvalue weighted by Gasteiger charge is -1.95. The predicted molar refractivity (Wildman–Crippen MR) is 56.4 cm³/mol. The maximum atomic E-state index is 10.9.